The van der Waals surface area contributed by atoms with Crippen LogP contribution in [0.3, 0.4) is 0 Å². The molecule has 0 N–H and O–H groups in total. The molecule has 1 unspecified atom stereocenters. The number of carbonyl (C=O) groups is 1. The normalized spacial score (nSPS) is 15.6. The summed E-state index contributed by atoms with van der Waals surface area (Å²) >= 11 is 7.79. The number of fused-ring (bicyclic) bond motifs is 1. The lowest BCUT2D eigenvalue weighted by Crippen LogP contribution is -2.28. The summed E-state index contributed by atoms with van der Waals surface area (Å²) < 4.78 is 11.5. The zero-order valence-corrected chi connectivity index (χ0v) is 18.1. The standard InChI is InChI=1S/C21H25ClN2O3S/c1-14(25)24-18-12-15(22)6-9-20(18)28-21(24)17-13-16(26-4)7-8-19(17)27-11-5-10-23(2)3/h6-9,12-13,21H,5,10-11H2,1-4H3. The number of ether oxygens (including phenoxy) is 2. The minimum Gasteiger partial charge on any atom is -0.497 e. The van der Waals surface area contributed by atoms with Crippen molar-refractivity contribution >= 4 is 35.0 Å². The summed E-state index contributed by atoms with van der Waals surface area (Å²) in [5.74, 6) is 1.45. The molecule has 1 aliphatic heterocycles. The Morgan fingerprint density at radius 3 is 2.71 bits per heavy atom. The first-order chi connectivity index (χ1) is 13.4. The van der Waals surface area contributed by atoms with Crippen molar-refractivity contribution in [3.8, 4) is 11.5 Å². The quantitative estimate of drug-likeness (QED) is 0.600. The van der Waals surface area contributed by atoms with Gasteiger partial charge in [0.1, 0.15) is 16.9 Å². The third kappa shape index (κ3) is 4.57. The molecule has 0 spiro atoms. The number of rotatable bonds is 7. The largest absolute Gasteiger partial charge is 0.497 e. The number of amides is 1. The molecule has 0 saturated heterocycles. The van der Waals surface area contributed by atoms with Gasteiger partial charge in [0, 0.05) is 29.0 Å². The van der Waals surface area contributed by atoms with Gasteiger partial charge in [-0.15, -0.1) is 0 Å². The second kappa shape index (κ2) is 9.07. The predicted octanol–water partition coefficient (Wildman–Crippen LogP) is 4.84. The van der Waals surface area contributed by atoms with Crippen LogP contribution in [0.15, 0.2) is 41.3 Å². The summed E-state index contributed by atoms with van der Waals surface area (Å²) in [6.45, 7) is 3.13. The van der Waals surface area contributed by atoms with Crippen molar-refractivity contribution in [3.05, 3.63) is 47.0 Å². The van der Waals surface area contributed by atoms with Gasteiger partial charge in [-0.1, -0.05) is 23.4 Å². The number of hydrogen-bond donors (Lipinski definition) is 0. The van der Waals surface area contributed by atoms with Crippen LogP contribution >= 0.6 is 23.4 Å². The van der Waals surface area contributed by atoms with E-state index in [1.165, 1.54) is 0 Å². The zero-order valence-electron chi connectivity index (χ0n) is 16.6. The topological polar surface area (TPSA) is 42.0 Å². The number of benzene rings is 2. The van der Waals surface area contributed by atoms with Crippen LogP contribution in [0.25, 0.3) is 0 Å². The Morgan fingerprint density at radius 1 is 1.25 bits per heavy atom. The molecule has 0 saturated carbocycles. The van der Waals surface area contributed by atoms with E-state index in [-0.39, 0.29) is 11.3 Å². The highest BCUT2D eigenvalue weighted by molar-refractivity contribution is 8.00. The molecule has 150 valence electrons. The Kier molecular flexibility index (Phi) is 6.75. The van der Waals surface area contributed by atoms with E-state index in [4.69, 9.17) is 21.1 Å². The summed E-state index contributed by atoms with van der Waals surface area (Å²) in [4.78, 5) is 17.4. The zero-order chi connectivity index (χ0) is 20.3. The molecule has 0 aliphatic carbocycles. The Bertz CT molecular complexity index is 860. The van der Waals surface area contributed by atoms with Crippen molar-refractivity contribution in [2.75, 3.05) is 39.3 Å². The van der Waals surface area contributed by atoms with Gasteiger partial charge >= 0.3 is 0 Å². The molecule has 1 aliphatic rings. The van der Waals surface area contributed by atoms with Crippen LogP contribution in [0.2, 0.25) is 5.02 Å². The van der Waals surface area contributed by atoms with Crippen molar-refractivity contribution in [3.63, 3.8) is 0 Å². The van der Waals surface area contributed by atoms with Gasteiger partial charge in [0.15, 0.2) is 0 Å². The van der Waals surface area contributed by atoms with Crippen LogP contribution in [-0.2, 0) is 4.79 Å². The Morgan fingerprint density at radius 2 is 2.04 bits per heavy atom. The lowest BCUT2D eigenvalue weighted by molar-refractivity contribution is -0.116. The molecule has 0 fully saturated rings. The lowest BCUT2D eigenvalue weighted by atomic mass is 10.1. The van der Waals surface area contributed by atoms with Crippen molar-refractivity contribution in [2.45, 2.75) is 23.6 Å². The molecule has 0 bridgehead atoms. The number of anilines is 1. The molecule has 3 rings (SSSR count). The summed E-state index contributed by atoms with van der Waals surface area (Å²) in [6.07, 6.45) is 0.919. The van der Waals surface area contributed by atoms with E-state index in [1.807, 2.05) is 50.5 Å². The van der Waals surface area contributed by atoms with E-state index in [9.17, 15) is 4.79 Å². The van der Waals surface area contributed by atoms with Gasteiger partial charge in [-0.05, 0) is 56.9 Å². The molecule has 2 aromatic rings. The molecule has 1 amide bonds. The van der Waals surface area contributed by atoms with Crippen LogP contribution in [0.5, 0.6) is 11.5 Å². The van der Waals surface area contributed by atoms with E-state index >= 15 is 0 Å². The molecule has 2 aromatic carbocycles. The molecule has 5 nitrogen and oxygen atoms in total. The van der Waals surface area contributed by atoms with E-state index in [0.29, 0.717) is 11.6 Å². The van der Waals surface area contributed by atoms with Gasteiger partial charge in [-0.2, -0.15) is 0 Å². The molecule has 1 atom stereocenters. The van der Waals surface area contributed by atoms with E-state index in [1.54, 1.807) is 30.7 Å². The first-order valence-corrected chi connectivity index (χ1v) is 10.4. The highest BCUT2D eigenvalue weighted by atomic mass is 35.5. The van der Waals surface area contributed by atoms with Crippen LogP contribution in [0, 0.1) is 0 Å². The lowest BCUT2D eigenvalue weighted by Gasteiger charge is -2.26. The van der Waals surface area contributed by atoms with Crippen molar-refractivity contribution < 1.29 is 14.3 Å². The Hall–Kier alpha value is -1.89. The first-order valence-electron chi connectivity index (χ1n) is 9.12. The van der Waals surface area contributed by atoms with E-state index in [2.05, 4.69) is 4.90 Å². The summed E-state index contributed by atoms with van der Waals surface area (Å²) in [5.41, 5.74) is 1.74. The van der Waals surface area contributed by atoms with Gasteiger partial charge in [0.05, 0.1) is 19.4 Å². The molecule has 1 heterocycles. The van der Waals surface area contributed by atoms with E-state index in [0.717, 1.165) is 40.6 Å². The van der Waals surface area contributed by atoms with Crippen LogP contribution in [-0.4, -0.2) is 45.2 Å². The number of carbonyl (C=O) groups excluding carboxylic acids is 1. The smallest absolute Gasteiger partial charge is 0.225 e. The average Bonchev–Trinajstić information content (AvgIpc) is 3.03. The van der Waals surface area contributed by atoms with Gasteiger partial charge in [0.25, 0.3) is 0 Å². The minimum atomic E-state index is -0.232. The Labute approximate surface area is 175 Å². The third-order valence-electron chi connectivity index (χ3n) is 4.48. The average molecular weight is 421 g/mol. The van der Waals surface area contributed by atoms with Gasteiger partial charge < -0.3 is 14.4 Å². The number of hydrogen-bond acceptors (Lipinski definition) is 5. The van der Waals surface area contributed by atoms with Crippen LogP contribution in [0.1, 0.15) is 24.3 Å². The second-order valence-electron chi connectivity index (χ2n) is 6.88. The van der Waals surface area contributed by atoms with Gasteiger partial charge in [-0.25, -0.2) is 0 Å². The Balaban J connectivity index is 1.93. The van der Waals surface area contributed by atoms with Crippen LogP contribution in [0.4, 0.5) is 5.69 Å². The van der Waals surface area contributed by atoms with E-state index < -0.39 is 0 Å². The molecule has 7 heteroatoms. The van der Waals surface area contributed by atoms with Gasteiger partial charge in [0.2, 0.25) is 5.91 Å². The summed E-state index contributed by atoms with van der Waals surface area (Å²) in [7, 11) is 5.72. The fraction of sp³-hybridized carbons (Fsp3) is 0.381. The SMILES string of the molecule is COc1ccc(OCCCN(C)C)c(C2Sc3ccc(Cl)cc3N2C(C)=O)c1. The first kappa shape index (κ1) is 20.8. The van der Waals surface area contributed by atoms with Crippen LogP contribution < -0.4 is 14.4 Å². The highest BCUT2D eigenvalue weighted by Gasteiger charge is 2.36. The molecule has 0 radical (unpaired) electrons. The molecule has 0 aromatic heterocycles. The van der Waals surface area contributed by atoms with Crippen molar-refractivity contribution in [2.24, 2.45) is 0 Å². The van der Waals surface area contributed by atoms with Crippen molar-refractivity contribution in [1.82, 2.24) is 4.90 Å². The highest BCUT2D eigenvalue weighted by Crippen LogP contribution is 2.54. The summed E-state index contributed by atoms with van der Waals surface area (Å²) in [6, 6.07) is 11.4. The molecular weight excluding hydrogens is 396 g/mol. The fourth-order valence-electron chi connectivity index (χ4n) is 3.16. The number of thioether (sulfide) groups is 1. The maximum Gasteiger partial charge on any atom is 0.225 e. The van der Waals surface area contributed by atoms with Gasteiger partial charge in [-0.3, -0.25) is 9.69 Å². The fourth-order valence-corrected chi connectivity index (χ4v) is 4.67. The summed E-state index contributed by atoms with van der Waals surface area (Å²) in [5, 5.41) is 0.377. The second-order valence-corrected chi connectivity index (χ2v) is 8.44. The predicted molar refractivity (Wildman–Crippen MR) is 115 cm³/mol. The number of methoxy groups -OCH3 is 1. The maximum absolute atomic E-state index is 12.5. The molecular formula is C21H25ClN2O3S. The molecule has 28 heavy (non-hydrogen) atoms. The number of halogens is 1. The van der Waals surface area contributed by atoms with Crippen molar-refractivity contribution in [1.29, 1.82) is 0 Å². The maximum atomic E-state index is 12.5. The third-order valence-corrected chi connectivity index (χ3v) is 6.01. The minimum absolute atomic E-state index is 0.0418. The monoisotopic (exact) mass is 420 g/mol. The number of nitrogens with zero attached hydrogens (tertiary/aromatic N) is 2.